The maximum absolute atomic E-state index is 12.4. The van der Waals surface area contributed by atoms with Gasteiger partial charge in [-0.25, -0.2) is 9.78 Å². The summed E-state index contributed by atoms with van der Waals surface area (Å²) in [6.07, 6.45) is 0.864. The van der Waals surface area contributed by atoms with Crippen LogP contribution in [0.3, 0.4) is 0 Å². The molecule has 0 saturated heterocycles. The predicted molar refractivity (Wildman–Crippen MR) is 83.6 cm³/mol. The van der Waals surface area contributed by atoms with Gasteiger partial charge in [0.2, 0.25) is 11.8 Å². The number of pyridine rings is 1. The number of para-hydroxylation sites is 1. The highest BCUT2D eigenvalue weighted by Gasteiger charge is 2.22. The summed E-state index contributed by atoms with van der Waals surface area (Å²) in [5.41, 5.74) is 0.212. The molecule has 24 heavy (non-hydrogen) atoms. The van der Waals surface area contributed by atoms with Crippen molar-refractivity contribution >= 4 is 5.97 Å². The normalized spacial score (nSPS) is 11.8. The summed E-state index contributed by atoms with van der Waals surface area (Å²) in [5, 5.41) is 7.56. The predicted octanol–water partition coefficient (Wildman–Crippen LogP) is 3.48. The average molecular weight is 325 g/mol. The molecule has 0 bridgehead atoms. The van der Waals surface area contributed by atoms with Gasteiger partial charge < -0.3 is 13.9 Å². The first-order valence-electron chi connectivity index (χ1n) is 7.32. The van der Waals surface area contributed by atoms with Gasteiger partial charge in [-0.1, -0.05) is 18.2 Å². The highest BCUT2D eigenvalue weighted by Crippen LogP contribution is 2.25. The first-order valence-corrected chi connectivity index (χ1v) is 7.32. The number of ether oxygens (including phenoxy) is 2. The number of esters is 1. The summed E-state index contributed by atoms with van der Waals surface area (Å²) in [4.78, 5) is 16.5. The first-order chi connectivity index (χ1) is 11.6. The van der Waals surface area contributed by atoms with Crippen molar-refractivity contribution in [2.45, 2.75) is 20.0 Å². The van der Waals surface area contributed by atoms with E-state index in [2.05, 4.69) is 15.2 Å². The van der Waals surface area contributed by atoms with Crippen molar-refractivity contribution in [3.8, 4) is 11.6 Å². The molecule has 1 atom stereocenters. The van der Waals surface area contributed by atoms with Gasteiger partial charge in [-0.05, 0) is 31.2 Å². The van der Waals surface area contributed by atoms with Crippen LogP contribution in [-0.4, -0.2) is 21.2 Å². The standard InChI is InChI=1S/C17H15N3O4/c1-11(15-20-19-12(2)23-15)22-17(21)14-9-6-10-18-16(14)24-13-7-4-3-5-8-13/h3-11H,1-2H3. The number of aryl methyl sites for hydroxylation is 1. The maximum Gasteiger partial charge on any atom is 0.344 e. The monoisotopic (exact) mass is 325 g/mol. The summed E-state index contributed by atoms with van der Waals surface area (Å²) in [6.45, 7) is 3.32. The Labute approximate surface area is 138 Å². The second-order valence-electron chi connectivity index (χ2n) is 4.98. The molecule has 0 aliphatic carbocycles. The Kier molecular flexibility index (Phi) is 4.51. The van der Waals surface area contributed by atoms with Gasteiger partial charge >= 0.3 is 5.97 Å². The second-order valence-corrected chi connectivity index (χ2v) is 4.98. The van der Waals surface area contributed by atoms with E-state index in [0.717, 1.165) is 0 Å². The molecule has 2 heterocycles. The molecule has 0 amide bonds. The van der Waals surface area contributed by atoms with Crippen molar-refractivity contribution in [1.29, 1.82) is 0 Å². The number of nitrogens with zero attached hydrogens (tertiary/aromatic N) is 3. The highest BCUT2D eigenvalue weighted by molar-refractivity contribution is 5.92. The molecule has 3 rings (SSSR count). The topological polar surface area (TPSA) is 87.3 Å². The molecule has 0 fully saturated rings. The van der Waals surface area contributed by atoms with Crippen LogP contribution in [0.5, 0.6) is 11.6 Å². The van der Waals surface area contributed by atoms with Crippen molar-refractivity contribution < 1.29 is 18.7 Å². The van der Waals surface area contributed by atoms with Crippen LogP contribution in [0.15, 0.2) is 53.1 Å². The zero-order chi connectivity index (χ0) is 16.9. The fraction of sp³-hybridized carbons (Fsp3) is 0.176. The fourth-order valence-corrected chi connectivity index (χ4v) is 1.98. The van der Waals surface area contributed by atoms with E-state index < -0.39 is 12.1 Å². The lowest BCUT2D eigenvalue weighted by molar-refractivity contribution is 0.0273. The number of carbonyl (C=O) groups excluding carboxylic acids is 1. The summed E-state index contributed by atoms with van der Waals surface area (Å²) < 4.78 is 16.3. The Morgan fingerprint density at radius 1 is 1.12 bits per heavy atom. The van der Waals surface area contributed by atoms with Crippen molar-refractivity contribution in [2.24, 2.45) is 0 Å². The number of benzene rings is 1. The Bertz CT molecular complexity index is 833. The average Bonchev–Trinajstić information content (AvgIpc) is 3.03. The molecule has 1 aromatic carbocycles. The van der Waals surface area contributed by atoms with E-state index in [-0.39, 0.29) is 17.3 Å². The minimum Gasteiger partial charge on any atom is -0.449 e. The molecule has 7 heteroatoms. The van der Waals surface area contributed by atoms with E-state index in [9.17, 15) is 4.79 Å². The van der Waals surface area contributed by atoms with Gasteiger partial charge in [0.15, 0.2) is 6.10 Å². The summed E-state index contributed by atoms with van der Waals surface area (Å²) >= 11 is 0. The molecule has 2 aromatic heterocycles. The third-order valence-electron chi connectivity index (χ3n) is 3.12. The zero-order valence-corrected chi connectivity index (χ0v) is 13.2. The van der Waals surface area contributed by atoms with Gasteiger partial charge in [-0.2, -0.15) is 0 Å². The quantitative estimate of drug-likeness (QED) is 0.663. The van der Waals surface area contributed by atoms with Gasteiger partial charge in [-0.3, -0.25) is 0 Å². The maximum atomic E-state index is 12.4. The van der Waals surface area contributed by atoms with E-state index in [1.165, 1.54) is 0 Å². The van der Waals surface area contributed by atoms with E-state index >= 15 is 0 Å². The molecule has 3 aromatic rings. The summed E-state index contributed by atoms with van der Waals surface area (Å²) in [5.74, 6) is 0.795. The third-order valence-corrected chi connectivity index (χ3v) is 3.12. The van der Waals surface area contributed by atoms with Crippen LogP contribution < -0.4 is 4.74 Å². The van der Waals surface area contributed by atoms with Gasteiger partial charge in [0.1, 0.15) is 11.3 Å². The van der Waals surface area contributed by atoms with E-state index in [1.54, 1.807) is 44.3 Å². The Balaban J connectivity index is 1.77. The summed E-state index contributed by atoms with van der Waals surface area (Å²) in [6, 6.07) is 12.3. The largest absolute Gasteiger partial charge is 0.449 e. The lowest BCUT2D eigenvalue weighted by Crippen LogP contribution is -2.11. The second kappa shape index (κ2) is 6.91. The molecule has 0 aliphatic rings. The number of hydrogen-bond acceptors (Lipinski definition) is 7. The minimum absolute atomic E-state index is 0.169. The molecule has 7 nitrogen and oxygen atoms in total. The van der Waals surface area contributed by atoms with Crippen LogP contribution in [0.25, 0.3) is 0 Å². The van der Waals surface area contributed by atoms with Gasteiger partial charge in [0.25, 0.3) is 5.89 Å². The zero-order valence-electron chi connectivity index (χ0n) is 13.2. The molecule has 1 unspecified atom stereocenters. The number of carbonyl (C=O) groups is 1. The molecule has 0 radical (unpaired) electrons. The van der Waals surface area contributed by atoms with E-state index in [4.69, 9.17) is 13.9 Å². The Morgan fingerprint density at radius 3 is 2.62 bits per heavy atom. The molecule has 0 aliphatic heterocycles. The molecular weight excluding hydrogens is 310 g/mol. The van der Waals surface area contributed by atoms with Crippen LogP contribution in [0.2, 0.25) is 0 Å². The molecule has 0 spiro atoms. The minimum atomic E-state index is -0.677. The third kappa shape index (κ3) is 3.57. The van der Waals surface area contributed by atoms with Crippen molar-refractivity contribution in [3.63, 3.8) is 0 Å². The van der Waals surface area contributed by atoms with E-state index in [1.807, 2.05) is 18.2 Å². The summed E-state index contributed by atoms with van der Waals surface area (Å²) in [7, 11) is 0. The van der Waals surface area contributed by atoms with Crippen molar-refractivity contribution in [1.82, 2.24) is 15.2 Å². The van der Waals surface area contributed by atoms with Crippen molar-refractivity contribution in [2.75, 3.05) is 0 Å². The van der Waals surface area contributed by atoms with Gasteiger partial charge in [0, 0.05) is 13.1 Å². The Morgan fingerprint density at radius 2 is 1.92 bits per heavy atom. The number of rotatable bonds is 5. The van der Waals surface area contributed by atoms with Crippen LogP contribution in [0.1, 0.15) is 35.2 Å². The van der Waals surface area contributed by atoms with Crippen molar-refractivity contribution in [3.05, 3.63) is 66.0 Å². The van der Waals surface area contributed by atoms with Gasteiger partial charge in [0.05, 0.1) is 0 Å². The lowest BCUT2D eigenvalue weighted by atomic mass is 10.2. The van der Waals surface area contributed by atoms with Crippen LogP contribution in [-0.2, 0) is 4.74 Å². The van der Waals surface area contributed by atoms with Crippen LogP contribution in [0.4, 0.5) is 0 Å². The lowest BCUT2D eigenvalue weighted by Gasteiger charge is -2.12. The number of aromatic nitrogens is 3. The highest BCUT2D eigenvalue weighted by atomic mass is 16.6. The fourth-order valence-electron chi connectivity index (χ4n) is 1.98. The molecular formula is C17H15N3O4. The Hall–Kier alpha value is -3.22. The molecule has 0 N–H and O–H groups in total. The first kappa shape index (κ1) is 15.7. The van der Waals surface area contributed by atoms with Crippen LogP contribution >= 0.6 is 0 Å². The molecule has 0 saturated carbocycles. The number of hydrogen-bond donors (Lipinski definition) is 0. The van der Waals surface area contributed by atoms with E-state index in [0.29, 0.717) is 11.6 Å². The van der Waals surface area contributed by atoms with Crippen LogP contribution in [0, 0.1) is 6.92 Å². The van der Waals surface area contributed by atoms with Gasteiger partial charge in [-0.15, -0.1) is 10.2 Å². The SMILES string of the molecule is Cc1nnc(C(C)OC(=O)c2cccnc2Oc2ccccc2)o1. The smallest absolute Gasteiger partial charge is 0.344 e. The molecule has 122 valence electrons.